The van der Waals surface area contributed by atoms with Gasteiger partial charge in [-0.15, -0.1) is 0 Å². The minimum atomic E-state index is -0.244. The van der Waals surface area contributed by atoms with Crippen molar-refractivity contribution in [2.45, 2.75) is 18.9 Å². The number of amides is 2. The van der Waals surface area contributed by atoms with Crippen molar-refractivity contribution in [3.63, 3.8) is 0 Å². The molecule has 0 spiro atoms. The van der Waals surface area contributed by atoms with Crippen LogP contribution in [-0.4, -0.2) is 59.4 Å². The molecule has 2 unspecified atom stereocenters. The van der Waals surface area contributed by atoms with E-state index in [-0.39, 0.29) is 23.8 Å². The number of nitriles is 1. The average molecular weight is 314 g/mol. The Balaban J connectivity index is 1.57. The third-order valence-corrected chi connectivity index (χ3v) is 4.30. The van der Waals surface area contributed by atoms with E-state index < -0.39 is 0 Å². The maximum Gasteiger partial charge on any atom is 0.228 e. The molecular weight excluding hydrogens is 296 g/mol. The zero-order valence-electron chi connectivity index (χ0n) is 12.9. The van der Waals surface area contributed by atoms with Crippen LogP contribution in [0.5, 0.6) is 5.88 Å². The van der Waals surface area contributed by atoms with E-state index in [1.165, 1.54) is 6.20 Å². The molecule has 7 heteroatoms. The number of pyridine rings is 1. The Morgan fingerprint density at radius 2 is 2.30 bits per heavy atom. The van der Waals surface area contributed by atoms with Crippen molar-refractivity contribution in [3.05, 3.63) is 23.9 Å². The highest BCUT2D eigenvalue weighted by Crippen LogP contribution is 2.23. The molecule has 0 N–H and O–H groups in total. The van der Waals surface area contributed by atoms with Crippen LogP contribution in [0.3, 0.4) is 0 Å². The Kier molecular flexibility index (Phi) is 4.15. The molecule has 3 heterocycles. The fourth-order valence-electron chi connectivity index (χ4n) is 3.03. The molecule has 1 aromatic rings. The van der Waals surface area contributed by atoms with E-state index in [0.717, 1.165) is 6.42 Å². The van der Waals surface area contributed by atoms with Crippen LogP contribution < -0.4 is 4.74 Å². The minimum absolute atomic E-state index is 0.0209. The highest BCUT2D eigenvalue weighted by molar-refractivity contribution is 5.89. The van der Waals surface area contributed by atoms with Gasteiger partial charge >= 0.3 is 0 Å². The molecule has 2 amide bonds. The molecule has 2 aliphatic heterocycles. The third kappa shape index (κ3) is 3.26. The van der Waals surface area contributed by atoms with Gasteiger partial charge in [-0.3, -0.25) is 9.59 Å². The number of hydrogen-bond donors (Lipinski definition) is 0. The van der Waals surface area contributed by atoms with E-state index in [9.17, 15) is 9.59 Å². The summed E-state index contributed by atoms with van der Waals surface area (Å²) >= 11 is 0. The monoisotopic (exact) mass is 314 g/mol. The summed E-state index contributed by atoms with van der Waals surface area (Å²) in [4.78, 5) is 31.5. The van der Waals surface area contributed by atoms with Crippen molar-refractivity contribution in [1.82, 2.24) is 14.8 Å². The van der Waals surface area contributed by atoms with Gasteiger partial charge in [0.05, 0.1) is 24.1 Å². The fraction of sp³-hybridized carbons (Fsp3) is 0.500. The number of aromatic nitrogens is 1. The van der Waals surface area contributed by atoms with Gasteiger partial charge in [-0.05, 0) is 6.07 Å². The largest absolute Gasteiger partial charge is 0.472 e. The average Bonchev–Trinajstić information content (AvgIpc) is 3.14. The van der Waals surface area contributed by atoms with E-state index in [1.54, 1.807) is 29.0 Å². The summed E-state index contributed by atoms with van der Waals surface area (Å²) in [6, 6.07) is 5.25. The van der Waals surface area contributed by atoms with Gasteiger partial charge in [0, 0.05) is 45.2 Å². The lowest BCUT2D eigenvalue weighted by molar-refractivity contribution is -0.135. The lowest BCUT2D eigenvalue weighted by Gasteiger charge is -2.20. The number of nitrogens with zero attached hydrogens (tertiary/aromatic N) is 4. The second kappa shape index (κ2) is 6.24. The zero-order chi connectivity index (χ0) is 16.4. The van der Waals surface area contributed by atoms with E-state index >= 15 is 0 Å². The van der Waals surface area contributed by atoms with Gasteiger partial charge in [0.1, 0.15) is 6.10 Å². The van der Waals surface area contributed by atoms with Crippen LogP contribution in [0, 0.1) is 17.2 Å². The molecule has 0 aliphatic carbocycles. The van der Waals surface area contributed by atoms with Gasteiger partial charge in [0.2, 0.25) is 17.7 Å². The first-order chi connectivity index (χ1) is 11.1. The molecule has 3 rings (SSSR count). The topological polar surface area (TPSA) is 86.5 Å². The quantitative estimate of drug-likeness (QED) is 0.806. The van der Waals surface area contributed by atoms with Crippen molar-refractivity contribution in [2.24, 2.45) is 5.92 Å². The number of hydrogen-bond acceptors (Lipinski definition) is 5. The van der Waals surface area contributed by atoms with Gasteiger partial charge in [-0.25, -0.2) is 4.98 Å². The van der Waals surface area contributed by atoms with Crippen LogP contribution in [0.25, 0.3) is 0 Å². The summed E-state index contributed by atoms with van der Waals surface area (Å²) in [6.45, 7) is 1.60. The fourth-order valence-corrected chi connectivity index (χ4v) is 3.03. The summed E-state index contributed by atoms with van der Waals surface area (Å²) in [5.41, 5.74) is 0.494. The summed E-state index contributed by atoms with van der Waals surface area (Å²) < 4.78 is 5.77. The van der Waals surface area contributed by atoms with Gasteiger partial charge in [0.25, 0.3) is 0 Å². The molecule has 0 bridgehead atoms. The number of ether oxygens (including phenoxy) is 1. The van der Waals surface area contributed by atoms with Gasteiger partial charge in [-0.1, -0.05) is 0 Å². The summed E-state index contributed by atoms with van der Waals surface area (Å²) in [5.74, 6) is 0.200. The Hall–Kier alpha value is -2.62. The molecule has 0 saturated carbocycles. The van der Waals surface area contributed by atoms with Crippen LogP contribution in [0.4, 0.5) is 0 Å². The molecule has 2 saturated heterocycles. The Morgan fingerprint density at radius 3 is 3.00 bits per heavy atom. The van der Waals surface area contributed by atoms with Gasteiger partial charge in [0.15, 0.2) is 0 Å². The molecule has 120 valence electrons. The SMILES string of the molecule is CN1CC(C(=O)N2CCC(Oc3cc(C#N)ccn3)C2)CC1=O. The third-order valence-electron chi connectivity index (χ3n) is 4.30. The van der Waals surface area contributed by atoms with Crippen LogP contribution in [0.15, 0.2) is 18.3 Å². The zero-order valence-corrected chi connectivity index (χ0v) is 12.9. The Bertz CT molecular complexity index is 670. The first-order valence-electron chi connectivity index (χ1n) is 7.62. The lowest BCUT2D eigenvalue weighted by Crippen LogP contribution is -2.36. The van der Waals surface area contributed by atoms with Crippen LogP contribution >= 0.6 is 0 Å². The molecular formula is C16H18N4O3. The number of likely N-dealkylation sites (tertiary alicyclic amines) is 2. The minimum Gasteiger partial charge on any atom is -0.472 e. The molecule has 2 fully saturated rings. The predicted octanol–water partition coefficient (Wildman–Crippen LogP) is 0.411. The standard InChI is InChI=1S/C16H18N4O3/c1-19-9-12(7-15(19)21)16(22)20-5-3-13(10-20)23-14-6-11(8-17)2-4-18-14/h2,4,6,12-13H,3,5,7,9-10H2,1H3. The van der Waals surface area contributed by atoms with Gasteiger partial charge in [-0.2, -0.15) is 5.26 Å². The second-order valence-electron chi connectivity index (χ2n) is 5.98. The normalized spacial score (nSPS) is 23.9. The van der Waals surface area contributed by atoms with Crippen LogP contribution in [0.2, 0.25) is 0 Å². The second-order valence-corrected chi connectivity index (χ2v) is 5.98. The lowest BCUT2D eigenvalue weighted by atomic mass is 10.1. The van der Waals surface area contributed by atoms with Crippen molar-refractivity contribution < 1.29 is 14.3 Å². The maximum atomic E-state index is 12.5. The summed E-state index contributed by atoms with van der Waals surface area (Å²) in [5, 5.41) is 8.88. The molecule has 2 atom stereocenters. The van der Waals surface area contributed by atoms with E-state index in [0.29, 0.717) is 37.5 Å². The molecule has 1 aromatic heterocycles. The van der Waals surface area contributed by atoms with Gasteiger partial charge < -0.3 is 14.5 Å². The number of rotatable bonds is 3. The van der Waals surface area contributed by atoms with Crippen LogP contribution in [-0.2, 0) is 9.59 Å². The van der Waals surface area contributed by atoms with Crippen molar-refractivity contribution in [1.29, 1.82) is 5.26 Å². The van der Waals surface area contributed by atoms with E-state index in [1.807, 2.05) is 6.07 Å². The van der Waals surface area contributed by atoms with E-state index in [4.69, 9.17) is 10.00 Å². The van der Waals surface area contributed by atoms with E-state index in [2.05, 4.69) is 4.98 Å². The number of carbonyl (C=O) groups excluding carboxylic acids is 2. The first kappa shape index (κ1) is 15.3. The Labute approximate surface area is 134 Å². The molecule has 23 heavy (non-hydrogen) atoms. The van der Waals surface area contributed by atoms with Crippen LogP contribution in [0.1, 0.15) is 18.4 Å². The van der Waals surface area contributed by atoms with Crippen molar-refractivity contribution in [2.75, 3.05) is 26.7 Å². The highest BCUT2D eigenvalue weighted by Gasteiger charge is 2.37. The van der Waals surface area contributed by atoms with Crippen molar-refractivity contribution >= 4 is 11.8 Å². The highest BCUT2D eigenvalue weighted by atomic mass is 16.5. The molecule has 7 nitrogen and oxygen atoms in total. The smallest absolute Gasteiger partial charge is 0.228 e. The first-order valence-corrected chi connectivity index (χ1v) is 7.62. The molecule has 0 radical (unpaired) electrons. The molecule has 0 aromatic carbocycles. The maximum absolute atomic E-state index is 12.5. The predicted molar refractivity (Wildman–Crippen MR) is 80.3 cm³/mol. The van der Waals surface area contributed by atoms with Crippen molar-refractivity contribution in [3.8, 4) is 11.9 Å². The Morgan fingerprint density at radius 1 is 1.48 bits per heavy atom. The number of carbonyl (C=O) groups is 2. The summed E-state index contributed by atoms with van der Waals surface area (Å²) in [6.07, 6.45) is 2.42. The summed E-state index contributed by atoms with van der Waals surface area (Å²) in [7, 11) is 1.72. The molecule has 2 aliphatic rings.